The standard InChI is InChI=1S/C46H49F3I/c1-31(2)22-24-35-26-27-40-38(35)19-11-20-39(40)42-29-37(42)18-9-12-32(28-41(33-13-5-3-6-14-33)34-15-7-4-8-16-34)23-25-36-17-10-21-43(46(47,48)49)45(36)44-30-50-44/h3-8,10-11,13-17,19-21,26-27,32,35,37,41-42,44H,1,9,12,18,22-25,28-30H2,2H3/q-1. The second kappa shape index (κ2) is 15.6. The Kier molecular flexibility index (Phi) is 11.0. The van der Waals surface area contributed by atoms with Crippen LogP contribution in [0.2, 0.25) is 0 Å². The molecule has 0 nitrogen and oxygen atoms in total. The van der Waals surface area contributed by atoms with Gasteiger partial charge in [-0.25, -0.2) is 0 Å². The molecule has 262 valence electrons. The number of alkyl halides is 5. The van der Waals surface area contributed by atoms with Crippen LogP contribution < -0.4 is 21.2 Å². The summed E-state index contributed by atoms with van der Waals surface area (Å²) in [6.45, 7) is 6.24. The molecule has 0 aromatic heterocycles. The van der Waals surface area contributed by atoms with Crippen LogP contribution in [0.5, 0.6) is 0 Å². The van der Waals surface area contributed by atoms with Crippen molar-refractivity contribution in [1.82, 2.24) is 0 Å². The number of benzene rings is 4. The Labute approximate surface area is 307 Å². The minimum atomic E-state index is -4.29. The Balaban J connectivity index is 1.06. The molecule has 0 N–H and O–H groups in total. The molecule has 7 rings (SSSR count). The van der Waals surface area contributed by atoms with Crippen LogP contribution in [0, 0.1) is 11.8 Å². The van der Waals surface area contributed by atoms with E-state index in [2.05, 4.69) is 105 Å². The molecule has 3 aliphatic rings. The Morgan fingerprint density at radius 1 is 0.840 bits per heavy atom. The van der Waals surface area contributed by atoms with Crippen LogP contribution in [-0.4, -0.2) is 4.43 Å². The summed E-state index contributed by atoms with van der Waals surface area (Å²) in [5, 5.41) is 0. The fourth-order valence-electron chi connectivity index (χ4n) is 8.58. The van der Waals surface area contributed by atoms with E-state index in [0.29, 0.717) is 23.3 Å². The zero-order valence-corrected chi connectivity index (χ0v) is 31.3. The van der Waals surface area contributed by atoms with Gasteiger partial charge in [0.05, 0.1) is 0 Å². The molecule has 2 aliphatic carbocycles. The van der Waals surface area contributed by atoms with Crippen molar-refractivity contribution in [1.29, 1.82) is 0 Å². The van der Waals surface area contributed by atoms with E-state index in [0.717, 1.165) is 60.9 Å². The number of aryl methyl sites for hydroxylation is 1. The average Bonchev–Trinajstić information content (AvgIpc) is 4.06. The van der Waals surface area contributed by atoms with E-state index in [9.17, 15) is 13.2 Å². The van der Waals surface area contributed by atoms with Crippen molar-refractivity contribution < 1.29 is 34.4 Å². The van der Waals surface area contributed by atoms with Gasteiger partial charge < -0.3 is 0 Å². The van der Waals surface area contributed by atoms with Gasteiger partial charge in [0, 0.05) is 5.92 Å². The zero-order chi connectivity index (χ0) is 34.7. The van der Waals surface area contributed by atoms with Crippen molar-refractivity contribution in [2.45, 2.75) is 92.6 Å². The van der Waals surface area contributed by atoms with Gasteiger partial charge in [0.25, 0.3) is 0 Å². The molecule has 50 heavy (non-hydrogen) atoms. The van der Waals surface area contributed by atoms with E-state index < -0.39 is 6.18 Å². The van der Waals surface area contributed by atoms with Crippen LogP contribution in [-0.2, 0) is 12.6 Å². The van der Waals surface area contributed by atoms with Gasteiger partial charge in [-0.1, -0.05) is 35.9 Å². The Hall–Kier alpha value is -3.12. The van der Waals surface area contributed by atoms with Gasteiger partial charge in [-0.2, -0.15) is 0 Å². The molecule has 5 unspecified atom stereocenters. The first-order valence-electron chi connectivity index (χ1n) is 18.6. The van der Waals surface area contributed by atoms with E-state index in [1.165, 1.54) is 52.3 Å². The summed E-state index contributed by atoms with van der Waals surface area (Å²) >= 11 is -0.142. The van der Waals surface area contributed by atoms with Crippen molar-refractivity contribution in [3.05, 3.63) is 160 Å². The molecule has 2 fully saturated rings. The first-order valence-corrected chi connectivity index (χ1v) is 21.3. The van der Waals surface area contributed by atoms with Gasteiger partial charge in [0.15, 0.2) is 0 Å². The van der Waals surface area contributed by atoms with Gasteiger partial charge in [0.2, 0.25) is 0 Å². The first-order chi connectivity index (χ1) is 24.3. The fraction of sp³-hybridized carbons (Fsp3) is 0.391. The van der Waals surface area contributed by atoms with E-state index in [4.69, 9.17) is 0 Å². The van der Waals surface area contributed by atoms with Crippen LogP contribution in [0.15, 0.2) is 115 Å². The summed E-state index contributed by atoms with van der Waals surface area (Å²) < 4.78 is 43.5. The monoisotopic (exact) mass is 785 g/mol. The van der Waals surface area contributed by atoms with Crippen molar-refractivity contribution in [2.24, 2.45) is 11.8 Å². The van der Waals surface area contributed by atoms with E-state index in [1.54, 1.807) is 6.07 Å². The summed E-state index contributed by atoms with van der Waals surface area (Å²) in [7, 11) is 0. The average molecular weight is 786 g/mol. The minimum absolute atomic E-state index is 0.142. The van der Waals surface area contributed by atoms with E-state index >= 15 is 0 Å². The van der Waals surface area contributed by atoms with Crippen LogP contribution in [0.25, 0.3) is 6.08 Å². The fourth-order valence-corrected chi connectivity index (χ4v) is 10.5. The second-order valence-electron chi connectivity index (χ2n) is 15.0. The SMILES string of the molecule is C=C(C)CCC1C=Cc2c1cccc2C1CC1CCCC(CCc1cccc(C(F)(F)F)c1C1C[I-]1)CC(c1ccccc1)c1ccccc1. The Bertz CT molecular complexity index is 1750. The topological polar surface area (TPSA) is 0 Å². The van der Waals surface area contributed by atoms with Gasteiger partial charge >= 0.3 is 230 Å². The number of hydrogen-bond donors (Lipinski definition) is 0. The molecule has 0 radical (unpaired) electrons. The summed E-state index contributed by atoms with van der Waals surface area (Å²) in [5.74, 6) is 2.55. The van der Waals surface area contributed by atoms with Crippen molar-refractivity contribution in [2.75, 3.05) is 4.43 Å². The molecule has 1 saturated heterocycles. The maximum absolute atomic E-state index is 14.1. The van der Waals surface area contributed by atoms with Crippen LogP contribution in [0.3, 0.4) is 0 Å². The molecule has 0 spiro atoms. The van der Waals surface area contributed by atoms with Crippen molar-refractivity contribution in [3.8, 4) is 0 Å². The third-order valence-electron chi connectivity index (χ3n) is 11.4. The molecule has 4 aromatic rings. The molecule has 0 bridgehead atoms. The molecule has 1 saturated carbocycles. The maximum atomic E-state index is 14.1. The van der Waals surface area contributed by atoms with Crippen molar-refractivity contribution in [3.63, 3.8) is 0 Å². The second-order valence-corrected chi connectivity index (χ2v) is 18.3. The number of allylic oxidation sites excluding steroid dienone is 2. The van der Waals surface area contributed by atoms with Gasteiger partial charge in [-0.3, -0.25) is 0 Å². The third-order valence-corrected chi connectivity index (χ3v) is 13.8. The van der Waals surface area contributed by atoms with Crippen LogP contribution >= 0.6 is 0 Å². The van der Waals surface area contributed by atoms with Gasteiger partial charge in [0.1, 0.15) is 0 Å². The summed E-state index contributed by atoms with van der Waals surface area (Å²) in [6.07, 6.45) is 10.1. The molecule has 4 heteroatoms. The van der Waals surface area contributed by atoms with Crippen LogP contribution in [0.1, 0.15) is 124 Å². The summed E-state index contributed by atoms with van der Waals surface area (Å²) in [6, 6.07) is 33.5. The molecular formula is C46H49F3I-. The Morgan fingerprint density at radius 2 is 1.52 bits per heavy atom. The summed E-state index contributed by atoms with van der Waals surface area (Å²) in [5.41, 5.74) is 9.57. The summed E-state index contributed by atoms with van der Waals surface area (Å²) in [4.78, 5) is 0. The number of fused-ring (bicyclic) bond motifs is 1. The normalized spacial score (nSPS) is 21.5. The quantitative estimate of drug-likeness (QED) is 0.0603. The van der Waals surface area contributed by atoms with E-state index in [1.807, 2.05) is 6.07 Å². The van der Waals surface area contributed by atoms with E-state index in [-0.39, 0.29) is 36.6 Å². The zero-order valence-electron chi connectivity index (χ0n) is 29.1. The van der Waals surface area contributed by atoms with Gasteiger partial charge in [-0.15, -0.1) is 6.58 Å². The molecule has 5 atom stereocenters. The Morgan fingerprint density at radius 3 is 2.18 bits per heavy atom. The molecule has 1 aliphatic heterocycles. The first kappa shape index (κ1) is 35.3. The number of rotatable bonds is 16. The van der Waals surface area contributed by atoms with Crippen molar-refractivity contribution >= 4 is 6.08 Å². The number of halogens is 4. The predicted molar refractivity (Wildman–Crippen MR) is 197 cm³/mol. The molecule has 4 aromatic carbocycles. The third kappa shape index (κ3) is 8.49. The molecule has 1 heterocycles. The molecular weight excluding hydrogens is 736 g/mol. The van der Waals surface area contributed by atoms with Gasteiger partial charge in [-0.05, 0) is 30.9 Å². The predicted octanol–water partition coefficient (Wildman–Crippen LogP) is 10.1. The number of hydrogen-bond acceptors (Lipinski definition) is 0. The molecule has 0 amide bonds. The van der Waals surface area contributed by atoms with Crippen LogP contribution in [0.4, 0.5) is 13.2 Å².